The molecule has 1 aliphatic rings. The van der Waals surface area contributed by atoms with Crippen LogP contribution in [0.15, 0.2) is 48.6 Å². The molecule has 1 fully saturated rings. The van der Waals surface area contributed by atoms with E-state index in [1.807, 2.05) is 0 Å². The first-order chi connectivity index (χ1) is 16.9. The van der Waals surface area contributed by atoms with Gasteiger partial charge in [0.05, 0.1) is 25.3 Å². The molecule has 9 heteroatoms. The number of halogens is 3. The highest BCUT2D eigenvalue weighted by Gasteiger charge is 2.34. The lowest BCUT2D eigenvalue weighted by molar-refractivity contribution is -0.274. The van der Waals surface area contributed by atoms with Crippen molar-refractivity contribution in [2.45, 2.75) is 51.9 Å². The highest BCUT2D eigenvalue weighted by molar-refractivity contribution is 5.97. The molecular formula is C27H29F3N2O4. The predicted octanol–water partition coefficient (Wildman–Crippen LogP) is 6.63. The third-order valence-electron chi connectivity index (χ3n) is 6.41. The number of benzene rings is 2. The molecule has 0 aliphatic heterocycles. The lowest BCUT2D eigenvalue weighted by Crippen LogP contribution is -2.27. The first-order valence-corrected chi connectivity index (χ1v) is 11.6. The van der Waals surface area contributed by atoms with E-state index in [1.54, 1.807) is 24.3 Å². The number of imidazole rings is 1. The second-order valence-electron chi connectivity index (χ2n) is 9.95. The third kappa shape index (κ3) is 5.50. The van der Waals surface area contributed by atoms with Crippen molar-refractivity contribution < 1.29 is 32.2 Å². The number of ether oxygens (including phenoxy) is 3. The Morgan fingerprint density at radius 1 is 1.19 bits per heavy atom. The van der Waals surface area contributed by atoms with E-state index in [-0.39, 0.29) is 22.8 Å². The van der Waals surface area contributed by atoms with Crippen LogP contribution >= 0.6 is 0 Å². The van der Waals surface area contributed by atoms with Crippen LogP contribution in [0.2, 0.25) is 0 Å². The van der Waals surface area contributed by atoms with Gasteiger partial charge < -0.3 is 18.8 Å². The molecular weight excluding hydrogens is 473 g/mol. The van der Waals surface area contributed by atoms with Crippen molar-refractivity contribution in [2.75, 3.05) is 14.2 Å². The Bertz CT molecular complexity index is 1290. The SMILES string of the molecule is C=C1C[C@@H](n2c(Cc3ccc(OC(F)(F)F)cc3)nc3cc(C(=O)OC)c(OC)cc32)CC(C)(C)C1. The van der Waals surface area contributed by atoms with Crippen molar-refractivity contribution in [3.63, 3.8) is 0 Å². The summed E-state index contributed by atoms with van der Waals surface area (Å²) >= 11 is 0. The van der Waals surface area contributed by atoms with Crippen LogP contribution in [-0.4, -0.2) is 36.1 Å². The number of carbonyl (C=O) groups is 1. The van der Waals surface area contributed by atoms with E-state index in [4.69, 9.17) is 14.5 Å². The molecule has 36 heavy (non-hydrogen) atoms. The number of hydrogen-bond donors (Lipinski definition) is 0. The zero-order valence-electron chi connectivity index (χ0n) is 20.7. The second kappa shape index (κ2) is 9.52. The average molecular weight is 503 g/mol. The summed E-state index contributed by atoms with van der Waals surface area (Å²) in [5, 5.41) is 0. The fourth-order valence-electron chi connectivity index (χ4n) is 5.18. The van der Waals surface area contributed by atoms with Crippen molar-refractivity contribution in [3.05, 3.63) is 65.5 Å². The van der Waals surface area contributed by atoms with Gasteiger partial charge in [-0.1, -0.05) is 38.1 Å². The normalized spacial score (nSPS) is 17.8. The fraction of sp³-hybridized carbons (Fsp3) is 0.407. The highest BCUT2D eigenvalue weighted by atomic mass is 19.4. The molecule has 1 aliphatic carbocycles. The second-order valence-corrected chi connectivity index (χ2v) is 9.95. The van der Waals surface area contributed by atoms with E-state index in [1.165, 1.54) is 26.4 Å². The van der Waals surface area contributed by atoms with Crippen LogP contribution in [0.3, 0.4) is 0 Å². The first kappa shape index (κ1) is 25.6. The van der Waals surface area contributed by atoms with E-state index < -0.39 is 12.3 Å². The maximum Gasteiger partial charge on any atom is 0.573 e. The Kier molecular flexibility index (Phi) is 6.77. The summed E-state index contributed by atoms with van der Waals surface area (Å²) in [4.78, 5) is 17.2. The number of alkyl halides is 3. The van der Waals surface area contributed by atoms with E-state index in [0.29, 0.717) is 17.7 Å². The maximum atomic E-state index is 12.6. The van der Waals surface area contributed by atoms with Crippen molar-refractivity contribution >= 4 is 17.0 Å². The van der Waals surface area contributed by atoms with Crippen LogP contribution in [0.4, 0.5) is 13.2 Å². The number of allylic oxidation sites excluding steroid dienone is 1. The van der Waals surface area contributed by atoms with Crippen LogP contribution in [0.25, 0.3) is 11.0 Å². The number of aromatic nitrogens is 2. The van der Waals surface area contributed by atoms with Crippen LogP contribution in [0, 0.1) is 5.41 Å². The molecule has 192 valence electrons. The minimum absolute atomic E-state index is 0.0422. The van der Waals surface area contributed by atoms with Gasteiger partial charge in [0.15, 0.2) is 0 Å². The lowest BCUT2D eigenvalue weighted by atomic mass is 9.73. The summed E-state index contributed by atoms with van der Waals surface area (Å²) in [5.74, 6) is 0.300. The van der Waals surface area contributed by atoms with Crippen molar-refractivity contribution in [3.8, 4) is 11.5 Å². The Morgan fingerprint density at radius 3 is 2.47 bits per heavy atom. The van der Waals surface area contributed by atoms with Gasteiger partial charge in [0.25, 0.3) is 0 Å². The van der Waals surface area contributed by atoms with Crippen molar-refractivity contribution in [1.82, 2.24) is 9.55 Å². The summed E-state index contributed by atoms with van der Waals surface area (Å²) in [6.07, 6.45) is -1.77. The molecule has 0 spiro atoms. The first-order valence-electron chi connectivity index (χ1n) is 11.6. The summed E-state index contributed by atoms with van der Waals surface area (Å²) in [7, 11) is 2.79. The molecule has 1 atom stereocenters. The summed E-state index contributed by atoms with van der Waals surface area (Å²) in [6.45, 7) is 8.67. The van der Waals surface area contributed by atoms with Gasteiger partial charge in [-0.15, -0.1) is 13.2 Å². The molecule has 0 unspecified atom stereocenters. The average Bonchev–Trinajstić information content (AvgIpc) is 3.13. The number of esters is 1. The third-order valence-corrected chi connectivity index (χ3v) is 6.41. The van der Waals surface area contributed by atoms with Gasteiger partial charge in [-0.2, -0.15) is 0 Å². The monoisotopic (exact) mass is 502 g/mol. The fourth-order valence-corrected chi connectivity index (χ4v) is 5.18. The quantitative estimate of drug-likeness (QED) is 0.280. The lowest BCUT2D eigenvalue weighted by Gasteiger charge is -2.38. The van der Waals surface area contributed by atoms with Gasteiger partial charge in [0.1, 0.15) is 22.9 Å². The number of rotatable bonds is 6. The van der Waals surface area contributed by atoms with E-state index >= 15 is 0 Å². The molecule has 0 amide bonds. The molecule has 6 nitrogen and oxygen atoms in total. The van der Waals surface area contributed by atoms with Crippen LogP contribution in [0.5, 0.6) is 11.5 Å². The molecule has 3 aromatic rings. The van der Waals surface area contributed by atoms with Crippen molar-refractivity contribution in [2.24, 2.45) is 5.41 Å². The van der Waals surface area contributed by atoms with Gasteiger partial charge in [0, 0.05) is 18.5 Å². The molecule has 0 radical (unpaired) electrons. The zero-order valence-corrected chi connectivity index (χ0v) is 20.7. The van der Waals surface area contributed by atoms with Crippen LogP contribution in [0.1, 0.15) is 60.9 Å². The number of methoxy groups -OCH3 is 2. The standard InChI is InChI=1S/C27H29F3N2O4/c1-16-10-18(15-26(2,3)14-16)32-22-13-23(34-4)20(25(33)35-5)12-21(22)31-24(32)11-17-6-8-19(9-7-17)36-27(28,29)30/h6-9,12-13,18H,1,10-11,14-15H2,2-5H3/t18-/m1/s1. The maximum absolute atomic E-state index is 12.6. The summed E-state index contributed by atoms with van der Waals surface area (Å²) in [6, 6.07) is 9.29. The van der Waals surface area contributed by atoms with E-state index in [2.05, 4.69) is 29.7 Å². The van der Waals surface area contributed by atoms with Gasteiger partial charge in [-0.05, 0) is 48.4 Å². The minimum atomic E-state index is -4.75. The van der Waals surface area contributed by atoms with Gasteiger partial charge in [0.2, 0.25) is 0 Å². The summed E-state index contributed by atoms with van der Waals surface area (Å²) in [5.41, 5.74) is 3.65. The van der Waals surface area contributed by atoms with E-state index in [0.717, 1.165) is 41.7 Å². The number of nitrogens with zero attached hydrogens (tertiary/aromatic N) is 2. The molecule has 1 heterocycles. The Balaban J connectivity index is 1.81. The Morgan fingerprint density at radius 2 is 1.89 bits per heavy atom. The molecule has 4 rings (SSSR count). The minimum Gasteiger partial charge on any atom is -0.496 e. The van der Waals surface area contributed by atoms with Gasteiger partial charge in [-0.25, -0.2) is 9.78 Å². The molecule has 2 aromatic carbocycles. The number of hydrogen-bond acceptors (Lipinski definition) is 5. The number of fused-ring (bicyclic) bond motifs is 1. The van der Waals surface area contributed by atoms with Crippen molar-refractivity contribution in [1.29, 1.82) is 0 Å². The molecule has 1 saturated carbocycles. The Hall–Kier alpha value is -3.49. The Labute approximate surface area is 207 Å². The number of carbonyl (C=O) groups excluding carboxylic acids is 1. The summed E-state index contributed by atoms with van der Waals surface area (Å²) < 4.78 is 54.2. The van der Waals surface area contributed by atoms with Crippen LogP contribution in [-0.2, 0) is 11.2 Å². The topological polar surface area (TPSA) is 62.6 Å². The highest BCUT2D eigenvalue weighted by Crippen LogP contribution is 2.45. The zero-order chi connectivity index (χ0) is 26.3. The molecule has 0 bridgehead atoms. The predicted molar refractivity (Wildman–Crippen MR) is 129 cm³/mol. The smallest absolute Gasteiger partial charge is 0.496 e. The largest absolute Gasteiger partial charge is 0.573 e. The molecule has 1 aromatic heterocycles. The van der Waals surface area contributed by atoms with Crippen LogP contribution < -0.4 is 9.47 Å². The van der Waals surface area contributed by atoms with Gasteiger partial charge >= 0.3 is 12.3 Å². The molecule has 0 N–H and O–H groups in total. The molecule has 0 saturated heterocycles. The van der Waals surface area contributed by atoms with E-state index in [9.17, 15) is 18.0 Å². The van der Waals surface area contributed by atoms with Gasteiger partial charge in [-0.3, -0.25) is 0 Å².